The summed E-state index contributed by atoms with van der Waals surface area (Å²) in [5.74, 6) is -1.99. The van der Waals surface area contributed by atoms with Gasteiger partial charge in [-0.25, -0.2) is 13.8 Å². The van der Waals surface area contributed by atoms with Crippen molar-refractivity contribution in [3.8, 4) is 11.4 Å². The number of hydrogen-bond acceptors (Lipinski definition) is 5. The average Bonchev–Trinajstić information content (AvgIpc) is 3.22. The molecule has 0 aliphatic rings. The molecule has 0 radical (unpaired) electrons. The van der Waals surface area contributed by atoms with Crippen LogP contribution >= 0.6 is 11.3 Å². The van der Waals surface area contributed by atoms with Gasteiger partial charge in [0.1, 0.15) is 17.3 Å². The molecule has 0 unspecified atom stereocenters. The first kappa shape index (κ1) is 21.5. The molecule has 0 aliphatic carbocycles. The Kier molecular flexibility index (Phi) is 5.91. The molecule has 32 heavy (non-hydrogen) atoms. The van der Waals surface area contributed by atoms with E-state index < -0.39 is 23.1 Å². The van der Waals surface area contributed by atoms with Crippen molar-refractivity contribution in [2.75, 3.05) is 5.32 Å². The van der Waals surface area contributed by atoms with Crippen LogP contribution in [0.4, 0.5) is 13.9 Å². The first-order valence-corrected chi connectivity index (χ1v) is 10.5. The van der Waals surface area contributed by atoms with E-state index in [0.29, 0.717) is 10.8 Å². The van der Waals surface area contributed by atoms with Crippen LogP contribution in [0.5, 0.6) is 0 Å². The van der Waals surface area contributed by atoms with E-state index in [4.69, 9.17) is 0 Å². The Morgan fingerprint density at radius 1 is 1.16 bits per heavy atom. The number of benzene rings is 1. The number of anilines is 1. The molecule has 0 atom stereocenters. The van der Waals surface area contributed by atoms with Crippen LogP contribution in [0.2, 0.25) is 0 Å². The normalized spacial score (nSPS) is 10.9. The standard InChI is InChI=1S/C23H18F2N4O2S/c1-13-6-8-26-21(14(13)2)19-12-32-23(27-19)28-22(31)15-7-9-29(20(30)10-15)11-16-17(24)4-3-5-18(16)25/h3-10,12H,11H2,1-2H3,(H,27,28,31). The van der Waals surface area contributed by atoms with Gasteiger partial charge in [0.25, 0.3) is 11.5 Å². The van der Waals surface area contributed by atoms with E-state index in [9.17, 15) is 18.4 Å². The first-order chi connectivity index (χ1) is 15.3. The van der Waals surface area contributed by atoms with E-state index in [2.05, 4.69) is 15.3 Å². The number of carbonyl (C=O) groups is 1. The highest BCUT2D eigenvalue weighted by molar-refractivity contribution is 7.14. The Morgan fingerprint density at radius 3 is 2.62 bits per heavy atom. The third-order valence-electron chi connectivity index (χ3n) is 5.09. The molecule has 4 aromatic rings. The minimum atomic E-state index is -0.739. The largest absolute Gasteiger partial charge is 0.311 e. The maximum atomic E-state index is 13.9. The SMILES string of the molecule is Cc1ccnc(-c2csc(NC(=O)c3ccn(Cc4c(F)cccc4F)c(=O)c3)n2)c1C. The summed E-state index contributed by atoms with van der Waals surface area (Å²) < 4.78 is 28.8. The molecule has 4 rings (SSSR count). The second-order valence-corrected chi connectivity index (χ2v) is 8.03. The van der Waals surface area contributed by atoms with Crippen molar-refractivity contribution in [1.29, 1.82) is 0 Å². The second kappa shape index (κ2) is 8.80. The van der Waals surface area contributed by atoms with Crippen molar-refractivity contribution in [2.24, 2.45) is 0 Å². The lowest BCUT2D eigenvalue weighted by atomic mass is 10.1. The van der Waals surface area contributed by atoms with Gasteiger partial charge >= 0.3 is 0 Å². The fourth-order valence-electron chi connectivity index (χ4n) is 3.13. The predicted molar refractivity (Wildman–Crippen MR) is 119 cm³/mol. The minimum absolute atomic E-state index is 0.113. The molecule has 0 fully saturated rings. The van der Waals surface area contributed by atoms with Crippen LogP contribution in [0.3, 0.4) is 0 Å². The van der Waals surface area contributed by atoms with Crippen LogP contribution < -0.4 is 10.9 Å². The van der Waals surface area contributed by atoms with E-state index in [0.717, 1.165) is 39.6 Å². The Labute approximate surface area is 186 Å². The summed E-state index contributed by atoms with van der Waals surface area (Å²) in [4.78, 5) is 33.8. The number of aromatic nitrogens is 3. The number of thiazole rings is 1. The van der Waals surface area contributed by atoms with Gasteiger partial charge in [0.05, 0.1) is 12.2 Å². The number of nitrogens with zero attached hydrogens (tertiary/aromatic N) is 3. The Bertz CT molecular complexity index is 1360. The third-order valence-corrected chi connectivity index (χ3v) is 5.85. The highest BCUT2D eigenvalue weighted by Crippen LogP contribution is 2.27. The lowest BCUT2D eigenvalue weighted by Gasteiger charge is -2.09. The third kappa shape index (κ3) is 4.33. The molecular weight excluding hydrogens is 434 g/mol. The van der Waals surface area contributed by atoms with Crippen LogP contribution in [0.1, 0.15) is 27.0 Å². The quantitative estimate of drug-likeness (QED) is 0.482. The van der Waals surface area contributed by atoms with Crippen molar-refractivity contribution in [3.05, 3.63) is 98.4 Å². The summed E-state index contributed by atoms with van der Waals surface area (Å²) >= 11 is 1.24. The lowest BCUT2D eigenvalue weighted by molar-refractivity contribution is 0.102. The number of aryl methyl sites for hydroxylation is 1. The van der Waals surface area contributed by atoms with Crippen LogP contribution in [0, 0.1) is 25.5 Å². The molecule has 6 nitrogen and oxygen atoms in total. The first-order valence-electron chi connectivity index (χ1n) is 9.66. The number of amides is 1. The smallest absolute Gasteiger partial charge is 0.257 e. The average molecular weight is 452 g/mol. The number of hydrogen-bond donors (Lipinski definition) is 1. The van der Waals surface area contributed by atoms with Crippen LogP contribution in [-0.2, 0) is 6.54 Å². The zero-order valence-corrected chi connectivity index (χ0v) is 18.0. The second-order valence-electron chi connectivity index (χ2n) is 7.18. The van der Waals surface area contributed by atoms with Crippen molar-refractivity contribution in [1.82, 2.24) is 14.5 Å². The summed E-state index contributed by atoms with van der Waals surface area (Å²) in [6.45, 7) is 3.66. The summed E-state index contributed by atoms with van der Waals surface area (Å²) in [5.41, 5.74) is 2.82. The van der Waals surface area contributed by atoms with Gasteiger partial charge in [-0.3, -0.25) is 19.9 Å². The molecule has 162 valence electrons. The van der Waals surface area contributed by atoms with Gasteiger partial charge in [0.15, 0.2) is 5.13 Å². The van der Waals surface area contributed by atoms with E-state index in [1.807, 2.05) is 19.9 Å². The van der Waals surface area contributed by atoms with Gasteiger partial charge in [-0.05, 0) is 49.2 Å². The van der Waals surface area contributed by atoms with Crippen molar-refractivity contribution in [3.63, 3.8) is 0 Å². The fourth-order valence-corrected chi connectivity index (χ4v) is 3.82. The lowest BCUT2D eigenvalue weighted by Crippen LogP contribution is -2.23. The molecule has 3 aromatic heterocycles. The summed E-state index contributed by atoms with van der Waals surface area (Å²) in [6.07, 6.45) is 3.04. The van der Waals surface area contributed by atoms with Crippen molar-refractivity contribution < 1.29 is 13.6 Å². The Morgan fingerprint density at radius 2 is 1.91 bits per heavy atom. The molecule has 1 aromatic carbocycles. The number of rotatable bonds is 5. The molecule has 3 heterocycles. The molecule has 1 N–H and O–H groups in total. The zero-order valence-electron chi connectivity index (χ0n) is 17.2. The molecule has 0 aliphatic heterocycles. The molecular formula is C23H18F2N4O2S. The monoisotopic (exact) mass is 452 g/mol. The molecule has 0 spiro atoms. The predicted octanol–water partition coefficient (Wildman–Crippen LogP) is 4.56. The van der Waals surface area contributed by atoms with Gasteiger partial charge in [-0.2, -0.15) is 0 Å². The number of halogens is 2. The molecule has 0 saturated heterocycles. The topological polar surface area (TPSA) is 76.9 Å². The zero-order chi connectivity index (χ0) is 22.8. The summed E-state index contributed by atoms with van der Waals surface area (Å²) in [5, 5.41) is 4.83. The number of pyridine rings is 2. The maximum Gasteiger partial charge on any atom is 0.257 e. The molecule has 1 amide bonds. The van der Waals surface area contributed by atoms with Crippen LogP contribution in [-0.4, -0.2) is 20.4 Å². The van der Waals surface area contributed by atoms with Gasteiger partial charge < -0.3 is 4.57 Å². The number of nitrogens with one attached hydrogen (secondary N) is 1. The maximum absolute atomic E-state index is 13.9. The van der Waals surface area contributed by atoms with Gasteiger partial charge in [0.2, 0.25) is 0 Å². The molecule has 0 saturated carbocycles. The number of carbonyl (C=O) groups excluding carboxylic acids is 1. The fraction of sp³-hybridized carbons (Fsp3) is 0.130. The highest BCUT2D eigenvalue weighted by atomic mass is 32.1. The summed E-state index contributed by atoms with van der Waals surface area (Å²) in [7, 11) is 0. The van der Waals surface area contributed by atoms with E-state index in [-0.39, 0.29) is 17.7 Å². The minimum Gasteiger partial charge on any atom is -0.311 e. The van der Waals surface area contributed by atoms with Crippen LogP contribution in [0.25, 0.3) is 11.4 Å². The summed E-state index contributed by atoms with van der Waals surface area (Å²) in [6, 6.07) is 7.95. The van der Waals surface area contributed by atoms with E-state index in [1.54, 1.807) is 11.6 Å². The Hall–Kier alpha value is -3.72. The van der Waals surface area contributed by atoms with E-state index in [1.165, 1.54) is 29.7 Å². The molecule has 0 bridgehead atoms. The van der Waals surface area contributed by atoms with Crippen molar-refractivity contribution in [2.45, 2.75) is 20.4 Å². The molecule has 9 heteroatoms. The van der Waals surface area contributed by atoms with Gasteiger partial charge in [0, 0.05) is 35.0 Å². The van der Waals surface area contributed by atoms with Crippen molar-refractivity contribution >= 4 is 22.4 Å². The van der Waals surface area contributed by atoms with Crippen LogP contribution in [0.15, 0.2) is 59.0 Å². The highest BCUT2D eigenvalue weighted by Gasteiger charge is 2.15. The van der Waals surface area contributed by atoms with Gasteiger partial charge in [-0.1, -0.05) is 6.07 Å². The Balaban J connectivity index is 1.51. The van der Waals surface area contributed by atoms with E-state index >= 15 is 0 Å². The van der Waals surface area contributed by atoms with Gasteiger partial charge in [-0.15, -0.1) is 11.3 Å².